The molecule has 2 aromatic carbocycles. The van der Waals surface area contributed by atoms with E-state index in [1.807, 2.05) is 42.5 Å². The van der Waals surface area contributed by atoms with Gasteiger partial charge in [0.15, 0.2) is 6.61 Å². The van der Waals surface area contributed by atoms with E-state index in [0.29, 0.717) is 30.8 Å². The van der Waals surface area contributed by atoms with Crippen LogP contribution in [0.4, 0.5) is 10.5 Å². The van der Waals surface area contributed by atoms with Crippen LogP contribution in [0, 0.1) is 5.92 Å². The fourth-order valence-corrected chi connectivity index (χ4v) is 3.43. The molecule has 1 heterocycles. The number of rotatable bonds is 7. The normalized spacial score (nSPS) is 15.6. The number of benzene rings is 2. The Kier molecular flexibility index (Phi) is 7.86. The van der Waals surface area contributed by atoms with Crippen LogP contribution in [0.5, 0.6) is 5.75 Å². The zero-order chi connectivity index (χ0) is 22.1. The number of carbonyl (C=O) groups excluding carboxylic acids is 3. The van der Waals surface area contributed by atoms with E-state index < -0.39 is 17.8 Å². The van der Waals surface area contributed by atoms with Gasteiger partial charge in [-0.2, -0.15) is 0 Å². The van der Waals surface area contributed by atoms with E-state index in [0.717, 1.165) is 5.56 Å². The van der Waals surface area contributed by atoms with Gasteiger partial charge in [-0.05, 0) is 31.0 Å². The second-order valence-electron chi connectivity index (χ2n) is 7.28. The van der Waals surface area contributed by atoms with Crippen molar-refractivity contribution in [1.82, 2.24) is 10.2 Å². The monoisotopic (exact) mass is 425 g/mol. The van der Waals surface area contributed by atoms with Gasteiger partial charge >= 0.3 is 12.0 Å². The summed E-state index contributed by atoms with van der Waals surface area (Å²) in [6, 6.07) is 16.3. The zero-order valence-corrected chi connectivity index (χ0v) is 17.5. The van der Waals surface area contributed by atoms with Crippen LogP contribution in [-0.4, -0.2) is 49.6 Å². The molecule has 0 bridgehead atoms. The molecule has 0 spiro atoms. The molecule has 1 unspecified atom stereocenters. The number of esters is 1. The Hall–Kier alpha value is -3.55. The van der Waals surface area contributed by atoms with E-state index in [1.54, 1.807) is 24.1 Å². The van der Waals surface area contributed by atoms with Gasteiger partial charge in [-0.25, -0.2) is 4.79 Å². The lowest BCUT2D eigenvalue weighted by Gasteiger charge is -2.31. The van der Waals surface area contributed by atoms with E-state index in [9.17, 15) is 14.4 Å². The van der Waals surface area contributed by atoms with E-state index in [1.165, 1.54) is 0 Å². The summed E-state index contributed by atoms with van der Waals surface area (Å²) in [6.07, 6.45) is 1.32. The first kappa shape index (κ1) is 22.1. The van der Waals surface area contributed by atoms with E-state index in [4.69, 9.17) is 9.47 Å². The van der Waals surface area contributed by atoms with Gasteiger partial charge in [-0.3, -0.25) is 9.59 Å². The highest BCUT2D eigenvalue weighted by Crippen LogP contribution is 2.19. The summed E-state index contributed by atoms with van der Waals surface area (Å²) in [5.41, 5.74) is 1.53. The molecule has 1 aliphatic heterocycles. The number of urea groups is 1. The molecule has 0 saturated carbocycles. The summed E-state index contributed by atoms with van der Waals surface area (Å²) in [7, 11) is 1.57. The predicted octanol–water partition coefficient (Wildman–Crippen LogP) is 2.80. The largest absolute Gasteiger partial charge is 0.496 e. The lowest BCUT2D eigenvalue weighted by atomic mass is 9.98. The summed E-state index contributed by atoms with van der Waals surface area (Å²) in [5.74, 6) is -0.633. The van der Waals surface area contributed by atoms with Crippen molar-refractivity contribution in [2.24, 2.45) is 5.92 Å². The highest BCUT2D eigenvalue weighted by atomic mass is 16.5. The van der Waals surface area contributed by atoms with Gasteiger partial charge in [0.05, 0.1) is 13.0 Å². The fourth-order valence-electron chi connectivity index (χ4n) is 3.43. The van der Waals surface area contributed by atoms with Crippen molar-refractivity contribution in [3.8, 4) is 5.75 Å². The van der Waals surface area contributed by atoms with Gasteiger partial charge in [0, 0.05) is 30.9 Å². The minimum absolute atomic E-state index is 0.252. The average molecular weight is 425 g/mol. The number of methoxy groups -OCH3 is 1. The molecule has 31 heavy (non-hydrogen) atoms. The van der Waals surface area contributed by atoms with E-state index >= 15 is 0 Å². The molecule has 1 saturated heterocycles. The number of ether oxygens (including phenoxy) is 2. The lowest BCUT2D eigenvalue weighted by Crippen LogP contribution is -2.45. The molecular formula is C23H27N3O5. The van der Waals surface area contributed by atoms with Gasteiger partial charge < -0.3 is 25.0 Å². The number of hydrogen-bond acceptors (Lipinski definition) is 5. The molecule has 1 aliphatic rings. The Bertz CT molecular complexity index is 903. The SMILES string of the molecule is COc1ccccc1CNC(=O)COC(=O)C1CCCN(C(=O)Nc2ccccc2)C1. The Balaban J connectivity index is 1.43. The van der Waals surface area contributed by atoms with Crippen LogP contribution < -0.4 is 15.4 Å². The molecule has 8 heteroatoms. The second kappa shape index (κ2) is 11.0. The quantitative estimate of drug-likeness (QED) is 0.665. The van der Waals surface area contributed by atoms with Crippen LogP contribution in [0.2, 0.25) is 0 Å². The fraction of sp³-hybridized carbons (Fsp3) is 0.348. The third-order valence-corrected chi connectivity index (χ3v) is 5.08. The van der Waals surface area contributed by atoms with Crippen molar-refractivity contribution < 1.29 is 23.9 Å². The van der Waals surface area contributed by atoms with Crippen molar-refractivity contribution in [3.05, 3.63) is 60.2 Å². The highest BCUT2D eigenvalue weighted by molar-refractivity contribution is 5.90. The van der Waals surface area contributed by atoms with Crippen LogP contribution in [0.3, 0.4) is 0 Å². The van der Waals surface area contributed by atoms with Crippen molar-refractivity contribution >= 4 is 23.6 Å². The number of amides is 3. The van der Waals surface area contributed by atoms with E-state index in [-0.39, 0.29) is 25.7 Å². The first-order chi connectivity index (χ1) is 15.1. The van der Waals surface area contributed by atoms with Crippen LogP contribution in [0.25, 0.3) is 0 Å². The predicted molar refractivity (Wildman–Crippen MR) is 116 cm³/mol. The molecule has 1 atom stereocenters. The van der Waals surface area contributed by atoms with Gasteiger partial charge in [-0.1, -0.05) is 36.4 Å². The molecule has 0 aromatic heterocycles. The van der Waals surface area contributed by atoms with Gasteiger partial charge in [0.2, 0.25) is 0 Å². The molecule has 0 aliphatic carbocycles. The Morgan fingerprint density at radius 2 is 1.81 bits per heavy atom. The maximum Gasteiger partial charge on any atom is 0.321 e. The van der Waals surface area contributed by atoms with Crippen LogP contribution in [0.1, 0.15) is 18.4 Å². The van der Waals surface area contributed by atoms with Gasteiger partial charge in [-0.15, -0.1) is 0 Å². The standard InChI is InChI=1S/C23H27N3O5/c1-30-20-12-6-5-8-17(20)14-24-21(27)16-31-22(28)18-9-7-13-26(15-18)23(29)25-19-10-3-2-4-11-19/h2-6,8,10-12,18H,7,9,13-16H2,1H3,(H,24,27)(H,25,29). The number of anilines is 1. The van der Waals surface area contributed by atoms with Crippen LogP contribution in [-0.2, 0) is 20.9 Å². The molecule has 8 nitrogen and oxygen atoms in total. The van der Waals surface area contributed by atoms with E-state index in [2.05, 4.69) is 10.6 Å². The lowest BCUT2D eigenvalue weighted by molar-refractivity contribution is -0.153. The summed E-state index contributed by atoms with van der Waals surface area (Å²) in [4.78, 5) is 38.6. The molecule has 164 valence electrons. The first-order valence-electron chi connectivity index (χ1n) is 10.2. The van der Waals surface area contributed by atoms with Crippen molar-refractivity contribution in [1.29, 1.82) is 0 Å². The third kappa shape index (κ3) is 6.47. The molecular weight excluding hydrogens is 398 g/mol. The molecule has 1 fully saturated rings. The minimum Gasteiger partial charge on any atom is -0.496 e. The van der Waals surface area contributed by atoms with Gasteiger partial charge in [0.25, 0.3) is 5.91 Å². The number of nitrogens with zero attached hydrogens (tertiary/aromatic N) is 1. The summed E-state index contributed by atoms with van der Waals surface area (Å²) < 4.78 is 10.4. The zero-order valence-electron chi connectivity index (χ0n) is 17.5. The first-order valence-corrected chi connectivity index (χ1v) is 10.2. The summed E-state index contributed by atoms with van der Waals surface area (Å²) in [6.45, 7) is 0.750. The van der Waals surface area contributed by atoms with Crippen LogP contribution >= 0.6 is 0 Å². The van der Waals surface area contributed by atoms with Gasteiger partial charge in [0.1, 0.15) is 5.75 Å². The summed E-state index contributed by atoms with van der Waals surface area (Å²) in [5, 5.41) is 5.54. The smallest absolute Gasteiger partial charge is 0.321 e. The molecule has 3 amide bonds. The number of hydrogen-bond donors (Lipinski definition) is 2. The molecule has 2 N–H and O–H groups in total. The number of likely N-dealkylation sites (tertiary alicyclic amines) is 1. The third-order valence-electron chi connectivity index (χ3n) is 5.08. The topological polar surface area (TPSA) is 97.0 Å². The Morgan fingerprint density at radius 1 is 1.06 bits per heavy atom. The Morgan fingerprint density at radius 3 is 2.58 bits per heavy atom. The molecule has 3 rings (SSSR count). The molecule has 0 radical (unpaired) electrons. The second-order valence-corrected chi connectivity index (χ2v) is 7.28. The van der Waals surface area contributed by atoms with Crippen molar-refractivity contribution in [2.45, 2.75) is 19.4 Å². The number of nitrogens with one attached hydrogen (secondary N) is 2. The van der Waals surface area contributed by atoms with Crippen molar-refractivity contribution in [2.75, 3.05) is 32.1 Å². The minimum atomic E-state index is -0.468. The number of carbonyl (C=O) groups is 3. The average Bonchev–Trinajstić information content (AvgIpc) is 2.82. The van der Waals surface area contributed by atoms with Crippen LogP contribution in [0.15, 0.2) is 54.6 Å². The number of para-hydroxylation sites is 2. The maximum atomic E-state index is 12.5. The van der Waals surface area contributed by atoms with Crippen molar-refractivity contribution in [3.63, 3.8) is 0 Å². The number of piperidine rings is 1. The summed E-state index contributed by atoms with van der Waals surface area (Å²) >= 11 is 0. The molecule has 2 aromatic rings. The maximum absolute atomic E-state index is 12.5. The highest BCUT2D eigenvalue weighted by Gasteiger charge is 2.30. The Labute approximate surface area is 181 Å².